The van der Waals surface area contributed by atoms with E-state index in [9.17, 15) is 18.0 Å². The van der Waals surface area contributed by atoms with Gasteiger partial charge in [-0.3, -0.25) is 10.2 Å². The molecule has 1 aromatic carbocycles. The second-order valence-corrected chi connectivity index (χ2v) is 6.66. The molecular weight excluding hydrogens is 321 g/mol. The van der Waals surface area contributed by atoms with Gasteiger partial charge < -0.3 is 4.74 Å². The molecule has 1 atom stereocenters. The molecule has 7 heteroatoms. The summed E-state index contributed by atoms with van der Waals surface area (Å²) in [4.78, 5) is 11.5. The van der Waals surface area contributed by atoms with Crippen molar-refractivity contribution in [3.05, 3.63) is 29.8 Å². The quantitative estimate of drug-likeness (QED) is 0.859. The molecule has 1 aliphatic rings. The Hall–Kier alpha value is -1.76. The minimum absolute atomic E-state index is 0.0616. The molecule has 1 saturated heterocycles. The largest absolute Gasteiger partial charge is 0.496 e. The molecule has 0 aliphatic carbocycles. The number of rotatable bonds is 6. The second kappa shape index (κ2) is 7.01. The Morgan fingerprint density at radius 1 is 1.33 bits per heavy atom. The van der Waals surface area contributed by atoms with Crippen LogP contribution < -0.4 is 10.2 Å². The molecule has 0 spiro atoms. The molecule has 0 bridgehead atoms. The summed E-state index contributed by atoms with van der Waals surface area (Å²) in [6.45, 7) is 3.29. The average molecular weight is 344 g/mol. The van der Waals surface area contributed by atoms with Crippen molar-refractivity contribution >= 4 is 5.91 Å². The third-order valence-electron chi connectivity index (χ3n) is 4.30. The highest BCUT2D eigenvalue weighted by Gasteiger charge is 2.51. The Bertz CT molecular complexity index is 587. The molecule has 24 heavy (non-hydrogen) atoms. The number of para-hydroxylation sites is 1. The van der Waals surface area contributed by atoms with Crippen LogP contribution in [0.1, 0.15) is 38.7 Å². The van der Waals surface area contributed by atoms with Gasteiger partial charge in [-0.2, -0.15) is 13.2 Å². The molecule has 1 N–H and O–H groups in total. The lowest BCUT2D eigenvalue weighted by molar-refractivity contribution is -0.202. The smallest absolute Gasteiger partial charge is 0.405 e. The Kier molecular flexibility index (Phi) is 5.42. The Morgan fingerprint density at radius 3 is 2.54 bits per heavy atom. The number of aryl methyl sites for hydroxylation is 1. The van der Waals surface area contributed by atoms with E-state index in [1.807, 2.05) is 18.2 Å². The topological polar surface area (TPSA) is 41.6 Å². The first kappa shape index (κ1) is 18.6. The van der Waals surface area contributed by atoms with E-state index >= 15 is 0 Å². The first-order valence-corrected chi connectivity index (χ1v) is 7.92. The minimum Gasteiger partial charge on any atom is -0.496 e. The predicted molar refractivity (Wildman–Crippen MR) is 84.5 cm³/mol. The summed E-state index contributed by atoms with van der Waals surface area (Å²) < 4.78 is 45.7. The molecule has 0 aromatic heterocycles. The van der Waals surface area contributed by atoms with Gasteiger partial charge in [0.05, 0.1) is 7.11 Å². The summed E-state index contributed by atoms with van der Waals surface area (Å²) in [5.41, 5.74) is 2.39. The normalized spacial score (nSPS) is 19.2. The van der Waals surface area contributed by atoms with Crippen molar-refractivity contribution in [3.8, 4) is 5.75 Å². The lowest BCUT2D eigenvalue weighted by Gasteiger charge is -2.37. The highest BCUT2D eigenvalue weighted by atomic mass is 19.4. The van der Waals surface area contributed by atoms with Crippen molar-refractivity contribution in [1.82, 2.24) is 10.4 Å². The van der Waals surface area contributed by atoms with E-state index in [-0.39, 0.29) is 18.7 Å². The van der Waals surface area contributed by atoms with Crippen molar-refractivity contribution in [1.29, 1.82) is 0 Å². The molecule has 134 valence electrons. The van der Waals surface area contributed by atoms with E-state index in [0.717, 1.165) is 10.6 Å². The SMILES string of the molecule is COc1ccccc1CCCC(N1NC(=O)CC1(C)C)C(F)(F)F. The van der Waals surface area contributed by atoms with Gasteiger partial charge in [0.15, 0.2) is 0 Å². The summed E-state index contributed by atoms with van der Waals surface area (Å²) in [5.74, 6) is 0.301. The number of nitrogens with zero attached hydrogens (tertiary/aromatic N) is 1. The number of nitrogens with one attached hydrogen (secondary N) is 1. The molecule has 4 nitrogen and oxygen atoms in total. The summed E-state index contributed by atoms with van der Waals surface area (Å²) in [6, 6.07) is 5.60. The molecule has 0 saturated carbocycles. The average Bonchev–Trinajstić information content (AvgIpc) is 2.75. The Morgan fingerprint density at radius 2 is 2.00 bits per heavy atom. The van der Waals surface area contributed by atoms with Gasteiger partial charge in [-0.05, 0) is 44.7 Å². The van der Waals surface area contributed by atoms with Gasteiger partial charge in [-0.15, -0.1) is 0 Å². The molecular formula is C17H23F3N2O2. The number of hydrogen-bond acceptors (Lipinski definition) is 3. The fourth-order valence-electron chi connectivity index (χ4n) is 3.14. The van der Waals surface area contributed by atoms with Crippen LogP contribution >= 0.6 is 0 Å². The minimum atomic E-state index is -4.41. The van der Waals surface area contributed by atoms with Crippen LogP contribution in [0.15, 0.2) is 24.3 Å². The standard InChI is InChI=1S/C17H23F3N2O2/c1-16(2)11-15(23)21-22(16)14(17(18,19)20)10-6-8-12-7-4-5-9-13(12)24-3/h4-5,7,9,14H,6,8,10-11H2,1-3H3,(H,21,23). The molecule has 1 heterocycles. The van der Waals surface area contributed by atoms with Gasteiger partial charge in [-0.1, -0.05) is 18.2 Å². The maximum Gasteiger partial charge on any atom is 0.405 e. The summed E-state index contributed by atoms with van der Waals surface area (Å²) >= 11 is 0. The van der Waals surface area contributed by atoms with E-state index in [0.29, 0.717) is 18.6 Å². The number of amides is 1. The van der Waals surface area contributed by atoms with Crippen LogP contribution in [0.3, 0.4) is 0 Å². The zero-order valence-corrected chi connectivity index (χ0v) is 14.1. The fourth-order valence-corrected chi connectivity index (χ4v) is 3.14. The van der Waals surface area contributed by atoms with Crippen LogP contribution in [0.25, 0.3) is 0 Å². The van der Waals surface area contributed by atoms with Gasteiger partial charge in [0.1, 0.15) is 11.8 Å². The van der Waals surface area contributed by atoms with Crippen molar-refractivity contribution < 1.29 is 22.7 Å². The summed E-state index contributed by atoms with van der Waals surface area (Å²) in [5, 5.41) is 1.07. The lowest BCUT2D eigenvalue weighted by atomic mass is 9.97. The van der Waals surface area contributed by atoms with E-state index in [4.69, 9.17) is 4.74 Å². The zero-order valence-electron chi connectivity index (χ0n) is 14.1. The van der Waals surface area contributed by atoms with Gasteiger partial charge in [0.25, 0.3) is 0 Å². The summed E-state index contributed by atoms with van der Waals surface area (Å²) in [7, 11) is 1.54. The maximum atomic E-state index is 13.5. The number of ether oxygens (including phenoxy) is 1. The van der Waals surface area contributed by atoms with E-state index in [2.05, 4.69) is 5.43 Å². The molecule has 1 aromatic rings. The number of hydrazine groups is 1. The molecule has 0 radical (unpaired) electrons. The number of alkyl halides is 3. The van der Waals surface area contributed by atoms with Crippen LogP contribution in [0.4, 0.5) is 13.2 Å². The first-order valence-electron chi connectivity index (χ1n) is 7.92. The second-order valence-electron chi connectivity index (χ2n) is 6.66. The number of methoxy groups -OCH3 is 1. The highest BCUT2D eigenvalue weighted by Crippen LogP contribution is 2.35. The Labute approximate surface area is 139 Å². The first-order chi connectivity index (χ1) is 11.1. The van der Waals surface area contributed by atoms with Gasteiger partial charge in [0.2, 0.25) is 5.91 Å². The molecule has 1 unspecified atom stereocenters. The van der Waals surface area contributed by atoms with Crippen LogP contribution in [-0.2, 0) is 11.2 Å². The van der Waals surface area contributed by atoms with Gasteiger partial charge >= 0.3 is 6.18 Å². The fraction of sp³-hybridized carbons (Fsp3) is 0.588. The summed E-state index contributed by atoms with van der Waals surface area (Å²) in [6.07, 6.45) is -3.61. The van der Waals surface area contributed by atoms with Crippen LogP contribution in [-0.4, -0.2) is 35.8 Å². The highest BCUT2D eigenvalue weighted by molar-refractivity contribution is 5.78. The number of benzene rings is 1. The van der Waals surface area contributed by atoms with E-state index in [1.165, 1.54) is 0 Å². The van der Waals surface area contributed by atoms with E-state index in [1.54, 1.807) is 27.0 Å². The zero-order chi connectivity index (χ0) is 18.0. The predicted octanol–water partition coefficient (Wildman–Crippen LogP) is 3.46. The molecule has 1 amide bonds. The molecule has 1 aliphatic heterocycles. The van der Waals surface area contributed by atoms with Crippen molar-refractivity contribution in [2.75, 3.05) is 7.11 Å². The molecule has 1 fully saturated rings. The number of carbonyl (C=O) groups is 1. The van der Waals surface area contributed by atoms with Crippen LogP contribution in [0.5, 0.6) is 5.75 Å². The number of hydrogen-bond donors (Lipinski definition) is 1. The van der Waals surface area contributed by atoms with Gasteiger partial charge in [-0.25, -0.2) is 5.01 Å². The number of halogens is 3. The van der Waals surface area contributed by atoms with Crippen molar-refractivity contribution in [3.63, 3.8) is 0 Å². The van der Waals surface area contributed by atoms with Crippen molar-refractivity contribution in [2.45, 2.75) is 57.3 Å². The van der Waals surface area contributed by atoms with Crippen molar-refractivity contribution in [2.24, 2.45) is 0 Å². The van der Waals surface area contributed by atoms with Gasteiger partial charge in [0, 0.05) is 12.0 Å². The number of carbonyl (C=O) groups excluding carboxylic acids is 1. The van der Waals surface area contributed by atoms with Crippen LogP contribution in [0, 0.1) is 0 Å². The molecule has 2 rings (SSSR count). The van der Waals surface area contributed by atoms with Crippen LogP contribution in [0.2, 0.25) is 0 Å². The maximum absolute atomic E-state index is 13.5. The monoisotopic (exact) mass is 344 g/mol. The lowest BCUT2D eigenvalue weighted by Crippen LogP contribution is -2.56. The van der Waals surface area contributed by atoms with E-state index < -0.39 is 17.8 Å². The Balaban J connectivity index is 2.07. The third kappa shape index (κ3) is 4.20. The third-order valence-corrected chi connectivity index (χ3v) is 4.30.